The fourth-order valence-electron chi connectivity index (χ4n) is 1.56. The maximum Gasteiger partial charge on any atom is 0.0994 e. The number of anilines is 1. The molecule has 17 heavy (non-hydrogen) atoms. The first-order valence-corrected chi connectivity index (χ1v) is 5.59. The van der Waals surface area contributed by atoms with E-state index in [-0.39, 0.29) is 0 Å². The van der Waals surface area contributed by atoms with E-state index in [2.05, 4.69) is 11.4 Å². The lowest BCUT2D eigenvalue weighted by molar-refractivity contribution is 0.0615. The van der Waals surface area contributed by atoms with E-state index in [1.807, 2.05) is 19.1 Å². The molecule has 0 fully saturated rings. The summed E-state index contributed by atoms with van der Waals surface area (Å²) in [5.41, 5.74) is 2.61. The number of aryl methyl sites for hydroxylation is 1. The molecule has 0 aliphatic heterocycles. The lowest BCUT2D eigenvalue weighted by atomic mass is 10.1. The number of nitrogens with zero attached hydrogens (tertiary/aromatic N) is 1. The highest BCUT2D eigenvalue weighted by molar-refractivity contribution is 5.51. The zero-order valence-electron chi connectivity index (χ0n) is 10.2. The van der Waals surface area contributed by atoms with Gasteiger partial charge in [-0.25, -0.2) is 0 Å². The van der Waals surface area contributed by atoms with Crippen molar-refractivity contribution < 1.29 is 9.84 Å². The van der Waals surface area contributed by atoms with Crippen molar-refractivity contribution in [2.75, 3.05) is 25.6 Å². The molecule has 1 unspecified atom stereocenters. The van der Waals surface area contributed by atoms with E-state index < -0.39 is 6.10 Å². The van der Waals surface area contributed by atoms with Crippen LogP contribution in [0.1, 0.15) is 17.5 Å². The predicted octanol–water partition coefficient (Wildman–Crippen LogP) is 1.68. The molecule has 0 heterocycles. The van der Waals surface area contributed by atoms with Crippen LogP contribution in [0.3, 0.4) is 0 Å². The second-order valence-corrected chi connectivity index (χ2v) is 3.97. The molecule has 2 N–H and O–H groups in total. The highest BCUT2D eigenvalue weighted by Gasteiger charge is 2.03. The molecule has 0 saturated carbocycles. The average molecular weight is 234 g/mol. The van der Waals surface area contributed by atoms with Crippen LogP contribution in [-0.2, 0) is 4.74 Å². The summed E-state index contributed by atoms with van der Waals surface area (Å²) in [5, 5.41) is 21.5. The molecule has 0 spiro atoms. The summed E-state index contributed by atoms with van der Waals surface area (Å²) in [5.74, 6) is 0. The van der Waals surface area contributed by atoms with Crippen LogP contribution in [0.2, 0.25) is 0 Å². The van der Waals surface area contributed by atoms with E-state index in [1.54, 1.807) is 13.2 Å². The molecule has 1 aromatic carbocycles. The Hall–Kier alpha value is -1.57. The number of aliphatic hydroxyl groups excluding tert-OH is 1. The third-order valence-corrected chi connectivity index (χ3v) is 2.51. The number of nitriles is 1. The van der Waals surface area contributed by atoms with Gasteiger partial charge in [0.1, 0.15) is 0 Å². The number of ether oxygens (including phenoxy) is 1. The number of hydrogen-bond acceptors (Lipinski definition) is 4. The van der Waals surface area contributed by atoms with Crippen LogP contribution in [-0.4, -0.2) is 31.5 Å². The van der Waals surface area contributed by atoms with Crippen molar-refractivity contribution >= 4 is 5.69 Å². The molecule has 0 aliphatic carbocycles. The van der Waals surface area contributed by atoms with Crippen molar-refractivity contribution in [3.63, 3.8) is 0 Å². The van der Waals surface area contributed by atoms with Gasteiger partial charge in [-0.05, 0) is 37.1 Å². The summed E-state index contributed by atoms with van der Waals surface area (Å²) in [6.45, 7) is 2.94. The first kappa shape index (κ1) is 13.5. The molecule has 0 radical (unpaired) electrons. The summed E-state index contributed by atoms with van der Waals surface area (Å²) >= 11 is 0. The third-order valence-electron chi connectivity index (χ3n) is 2.51. The van der Waals surface area contributed by atoms with Gasteiger partial charge in [-0.1, -0.05) is 0 Å². The highest BCUT2D eigenvalue weighted by atomic mass is 16.5. The Kier molecular flexibility index (Phi) is 5.47. The molecule has 4 heteroatoms. The number of methoxy groups -OCH3 is 1. The molecule has 4 nitrogen and oxygen atoms in total. The summed E-state index contributed by atoms with van der Waals surface area (Å²) in [6.07, 6.45) is 0.194. The van der Waals surface area contributed by atoms with Crippen molar-refractivity contribution in [2.24, 2.45) is 0 Å². The Balaban J connectivity index is 2.43. The molecule has 1 aromatic rings. The van der Waals surface area contributed by atoms with E-state index in [9.17, 15) is 5.11 Å². The largest absolute Gasteiger partial charge is 0.391 e. The van der Waals surface area contributed by atoms with Crippen LogP contribution in [0.4, 0.5) is 5.69 Å². The average Bonchev–Trinajstić information content (AvgIpc) is 2.29. The molecular formula is C13H18N2O2. The second kappa shape index (κ2) is 6.89. The van der Waals surface area contributed by atoms with Crippen molar-refractivity contribution in [2.45, 2.75) is 19.4 Å². The molecule has 0 aromatic heterocycles. The molecule has 1 rings (SSSR count). The maximum absolute atomic E-state index is 9.46. The summed E-state index contributed by atoms with van der Waals surface area (Å²) in [7, 11) is 1.57. The van der Waals surface area contributed by atoms with Crippen LogP contribution in [0, 0.1) is 18.3 Å². The minimum Gasteiger partial charge on any atom is -0.391 e. The standard InChI is InChI=1S/C13H18N2O2/c1-10-7-12(4-3-11(10)8-14)15-6-5-13(16)9-17-2/h3-4,7,13,15-16H,5-6,9H2,1-2H3. The van der Waals surface area contributed by atoms with Gasteiger partial charge in [-0.15, -0.1) is 0 Å². The van der Waals surface area contributed by atoms with Gasteiger partial charge in [0.05, 0.1) is 24.3 Å². The lowest BCUT2D eigenvalue weighted by Gasteiger charge is -2.11. The molecule has 0 saturated heterocycles. The van der Waals surface area contributed by atoms with E-state index in [1.165, 1.54) is 0 Å². The van der Waals surface area contributed by atoms with E-state index >= 15 is 0 Å². The predicted molar refractivity (Wildman–Crippen MR) is 66.9 cm³/mol. The number of nitrogens with one attached hydrogen (secondary N) is 1. The van der Waals surface area contributed by atoms with Crippen molar-refractivity contribution in [3.8, 4) is 6.07 Å². The number of benzene rings is 1. The van der Waals surface area contributed by atoms with Gasteiger partial charge in [0, 0.05) is 19.3 Å². The first-order valence-electron chi connectivity index (χ1n) is 5.59. The Bertz CT molecular complexity index is 399. The Morgan fingerprint density at radius 1 is 1.53 bits per heavy atom. The Labute approximate surface area is 102 Å². The summed E-state index contributed by atoms with van der Waals surface area (Å²) in [6, 6.07) is 7.73. The van der Waals surface area contributed by atoms with Crippen molar-refractivity contribution in [1.82, 2.24) is 0 Å². The van der Waals surface area contributed by atoms with Gasteiger partial charge in [-0.3, -0.25) is 0 Å². The van der Waals surface area contributed by atoms with Crippen molar-refractivity contribution in [3.05, 3.63) is 29.3 Å². The van der Waals surface area contributed by atoms with Gasteiger partial charge in [0.25, 0.3) is 0 Å². The van der Waals surface area contributed by atoms with Crippen LogP contribution >= 0.6 is 0 Å². The summed E-state index contributed by atoms with van der Waals surface area (Å²) < 4.78 is 4.84. The number of aliphatic hydroxyl groups is 1. The zero-order valence-corrected chi connectivity index (χ0v) is 10.2. The van der Waals surface area contributed by atoms with Crippen LogP contribution in [0.5, 0.6) is 0 Å². The van der Waals surface area contributed by atoms with E-state index in [0.717, 1.165) is 11.3 Å². The normalized spacial score (nSPS) is 11.9. The Morgan fingerprint density at radius 2 is 2.29 bits per heavy atom. The molecule has 0 amide bonds. The van der Waals surface area contributed by atoms with Crippen molar-refractivity contribution in [1.29, 1.82) is 5.26 Å². The fraction of sp³-hybridized carbons (Fsp3) is 0.462. The van der Waals surface area contributed by atoms with E-state index in [0.29, 0.717) is 25.1 Å². The smallest absolute Gasteiger partial charge is 0.0994 e. The maximum atomic E-state index is 9.46. The zero-order chi connectivity index (χ0) is 12.7. The second-order valence-electron chi connectivity index (χ2n) is 3.97. The molecular weight excluding hydrogens is 216 g/mol. The number of hydrogen-bond donors (Lipinski definition) is 2. The summed E-state index contributed by atoms with van der Waals surface area (Å²) in [4.78, 5) is 0. The molecule has 92 valence electrons. The minimum absolute atomic E-state index is 0.355. The van der Waals surface area contributed by atoms with Gasteiger partial charge in [0.15, 0.2) is 0 Å². The van der Waals surface area contributed by atoms with Gasteiger partial charge in [-0.2, -0.15) is 5.26 Å². The number of rotatable bonds is 6. The van der Waals surface area contributed by atoms with Gasteiger partial charge < -0.3 is 15.2 Å². The molecule has 0 aliphatic rings. The minimum atomic E-state index is -0.438. The quantitative estimate of drug-likeness (QED) is 0.786. The van der Waals surface area contributed by atoms with Gasteiger partial charge >= 0.3 is 0 Å². The monoisotopic (exact) mass is 234 g/mol. The first-order chi connectivity index (χ1) is 8.17. The van der Waals surface area contributed by atoms with Gasteiger partial charge in [0.2, 0.25) is 0 Å². The molecule has 1 atom stereocenters. The lowest BCUT2D eigenvalue weighted by Crippen LogP contribution is -2.18. The Morgan fingerprint density at radius 3 is 2.88 bits per heavy atom. The van der Waals surface area contributed by atoms with Crippen LogP contribution < -0.4 is 5.32 Å². The highest BCUT2D eigenvalue weighted by Crippen LogP contribution is 2.14. The van der Waals surface area contributed by atoms with Crippen LogP contribution in [0.25, 0.3) is 0 Å². The fourth-order valence-corrected chi connectivity index (χ4v) is 1.56. The topological polar surface area (TPSA) is 65.3 Å². The van der Waals surface area contributed by atoms with Crippen LogP contribution in [0.15, 0.2) is 18.2 Å². The molecule has 0 bridgehead atoms. The van der Waals surface area contributed by atoms with E-state index in [4.69, 9.17) is 10.00 Å². The SMILES string of the molecule is COCC(O)CCNc1ccc(C#N)c(C)c1. The third kappa shape index (κ3) is 4.43.